The minimum absolute atomic E-state index is 0.0819. The number of carbonyl (C=O) groups is 1. The number of anilines is 1. The number of rotatable bonds is 4. The van der Waals surface area contributed by atoms with E-state index < -0.39 is 0 Å². The van der Waals surface area contributed by atoms with E-state index in [4.69, 9.17) is 4.98 Å². The molecule has 2 heterocycles. The number of benzene rings is 3. The molecule has 34 heavy (non-hydrogen) atoms. The molecular weight excluding hydrogens is 420 g/mol. The molecule has 0 spiro atoms. The molecule has 1 aromatic heterocycles. The molecule has 1 fully saturated rings. The second-order valence-corrected chi connectivity index (χ2v) is 8.78. The first-order chi connectivity index (χ1) is 16.6. The number of carbonyl (C=O) groups excluding carboxylic acids is 1. The van der Waals surface area contributed by atoms with Gasteiger partial charge in [0.05, 0.1) is 0 Å². The smallest absolute Gasteiger partial charge is 0.253 e. The van der Waals surface area contributed by atoms with Crippen LogP contribution in [-0.4, -0.2) is 47.0 Å². The number of aryl methyl sites for hydroxylation is 2. The average molecular weight is 449 g/mol. The van der Waals surface area contributed by atoms with Crippen LogP contribution in [0, 0.1) is 13.8 Å². The first kappa shape index (κ1) is 21.8. The van der Waals surface area contributed by atoms with Crippen molar-refractivity contribution in [3.63, 3.8) is 0 Å². The van der Waals surface area contributed by atoms with E-state index in [-0.39, 0.29) is 5.91 Å². The summed E-state index contributed by atoms with van der Waals surface area (Å²) in [6, 6.07) is 28.4. The highest BCUT2D eigenvalue weighted by atomic mass is 16.2. The summed E-state index contributed by atoms with van der Waals surface area (Å²) < 4.78 is 0. The molecule has 0 aliphatic carbocycles. The zero-order chi connectivity index (χ0) is 23.5. The summed E-state index contributed by atoms with van der Waals surface area (Å²) in [5.41, 5.74) is 6.17. The molecular formula is C29H28N4O. The van der Waals surface area contributed by atoms with Crippen LogP contribution < -0.4 is 4.90 Å². The van der Waals surface area contributed by atoms with E-state index in [0.717, 1.165) is 52.7 Å². The normalized spacial score (nSPS) is 13.7. The number of piperazine rings is 1. The lowest BCUT2D eigenvalue weighted by Gasteiger charge is -2.35. The Morgan fingerprint density at radius 3 is 2.00 bits per heavy atom. The molecule has 5 nitrogen and oxygen atoms in total. The molecule has 1 saturated heterocycles. The van der Waals surface area contributed by atoms with E-state index in [2.05, 4.69) is 53.2 Å². The zero-order valence-corrected chi connectivity index (χ0v) is 19.6. The maximum absolute atomic E-state index is 13.1. The van der Waals surface area contributed by atoms with E-state index in [9.17, 15) is 4.79 Å². The van der Waals surface area contributed by atoms with Crippen molar-refractivity contribution in [2.75, 3.05) is 31.1 Å². The van der Waals surface area contributed by atoms with Gasteiger partial charge in [-0.25, -0.2) is 9.97 Å². The van der Waals surface area contributed by atoms with Gasteiger partial charge in [0.25, 0.3) is 5.91 Å². The highest BCUT2D eigenvalue weighted by molar-refractivity contribution is 5.95. The highest BCUT2D eigenvalue weighted by Crippen LogP contribution is 2.23. The van der Waals surface area contributed by atoms with Crippen molar-refractivity contribution in [2.45, 2.75) is 13.8 Å². The van der Waals surface area contributed by atoms with Gasteiger partial charge in [0, 0.05) is 49.1 Å². The molecule has 1 aliphatic rings. The third-order valence-electron chi connectivity index (χ3n) is 6.28. The lowest BCUT2D eigenvalue weighted by atomic mass is 10.0. The van der Waals surface area contributed by atoms with E-state index >= 15 is 0 Å². The minimum atomic E-state index is 0.0819. The summed E-state index contributed by atoms with van der Waals surface area (Å²) in [6.07, 6.45) is 0. The summed E-state index contributed by atoms with van der Waals surface area (Å²) >= 11 is 0. The Bertz CT molecular complexity index is 1280. The van der Waals surface area contributed by atoms with Crippen molar-refractivity contribution < 1.29 is 4.79 Å². The molecule has 4 aromatic rings. The quantitative estimate of drug-likeness (QED) is 0.420. The Morgan fingerprint density at radius 1 is 0.706 bits per heavy atom. The van der Waals surface area contributed by atoms with Gasteiger partial charge in [0.1, 0.15) is 5.82 Å². The summed E-state index contributed by atoms with van der Waals surface area (Å²) in [5, 5.41) is 0. The molecule has 5 heteroatoms. The first-order valence-corrected chi connectivity index (χ1v) is 11.7. The molecule has 0 atom stereocenters. The average Bonchev–Trinajstić information content (AvgIpc) is 2.89. The number of aromatic nitrogens is 2. The van der Waals surface area contributed by atoms with Gasteiger partial charge in [0.15, 0.2) is 5.82 Å². The van der Waals surface area contributed by atoms with Crippen molar-refractivity contribution in [1.82, 2.24) is 14.9 Å². The Kier molecular flexibility index (Phi) is 6.09. The van der Waals surface area contributed by atoms with E-state index in [0.29, 0.717) is 13.1 Å². The molecule has 170 valence electrons. The predicted molar refractivity (Wildman–Crippen MR) is 137 cm³/mol. The van der Waals surface area contributed by atoms with Gasteiger partial charge in [-0.3, -0.25) is 4.79 Å². The van der Waals surface area contributed by atoms with Gasteiger partial charge in [-0.2, -0.15) is 0 Å². The van der Waals surface area contributed by atoms with Gasteiger partial charge in [-0.15, -0.1) is 0 Å². The van der Waals surface area contributed by atoms with Crippen molar-refractivity contribution in [3.8, 4) is 22.5 Å². The Hall–Kier alpha value is -3.99. The maximum Gasteiger partial charge on any atom is 0.253 e. The largest absolute Gasteiger partial charge is 0.353 e. The van der Waals surface area contributed by atoms with Crippen molar-refractivity contribution in [1.29, 1.82) is 0 Å². The standard InChI is InChI=1S/C29H28N4O/c1-21-8-10-25(11-9-21)28-30-22(2)20-27(31-28)32-16-18-33(19-17-32)29(34)26-14-12-24(13-15-26)23-6-4-3-5-7-23/h3-15,20H,16-19H2,1-2H3. The monoisotopic (exact) mass is 448 g/mol. The topological polar surface area (TPSA) is 49.3 Å². The lowest BCUT2D eigenvalue weighted by molar-refractivity contribution is 0.0746. The van der Waals surface area contributed by atoms with Gasteiger partial charge < -0.3 is 9.80 Å². The molecule has 0 N–H and O–H groups in total. The van der Waals surface area contributed by atoms with Crippen LogP contribution in [0.15, 0.2) is 84.9 Å². The van der Waals surface area contributed by atoms with Crippen molar-refractivity contribution in [3.05, 3.63) is 102 Å². The third-order valence-corrected chi connectivity index (χ3v) is 6.28. The van der Waals surface area contributed by atoms with Crippen LogP contribution in [0.3, 0.4) is 0 Å². The first-order valence-electron chi connectivity index (χ1n) is 11.7. The van der Waals surface area contributed by atoms with Gasteiger partial charge >= 0.3 is 0 Å². The summed E-state index contributed by atoms with van der Waals surface area (Å²) in [4.78, 5) is 26.7. The fourth-order valence-electron chi connectivity index (χ4n) is 4.30. The van der Waals surface area contributed by atoms with Crippen LogP contribution in [0.25, 0.3) is 22.5 Å². The van der Waals surface area contributed by atoms with Crippen molar-refractivity contribution in [2.24, 2.45) is 0 Å². The Morgan fingerprint density at radius 2 is 1.32 bits per heavy atom. The Labute approximate surface area is 200 Å². The van der Waals surface area contributed by atoms with Crippen LogP contribution in [0.5, 0.6) is 0 Å². The molecule has 0 unspecified atom stereocenters. The number of nitrogens with zero attached hydrogens (tertiary/aromatic N) is 4. The Balaban J connectivity index is 1.26. The van der Waals surface area contributed by atoms with Gasteiger partial charge in [0.2, 0.25) is 0 Å². The second-order valence-electron chi connectivity index (χ2n) is 8.78. The fraction of sp³-hybridized carbons (Fsp3) is 0.207. The number of hydrogen-bond donors (Lipinski definition) is 0. The van der Waals surface area contributed by atoms with Crippen LogP contribution in [0.4, 0.5) is 5.82 Å². The SMILES string of the molecule is Cc1ccc(-c2nc(C)cc(N3CCN(C(=O)c4ccc(-c5ccccc5)cc4)CC3)n2)cc1. The summed E-state index contributed by atoms with van der Waals surface area (Å²) in [7, 11) is 0. The molecule has 1 aliphatic heterocycles. The predicted octanol–water partition coefficient (Wildman–Crippen LogP) is 5.39. The summed E-state index contributed by atoms with van der Waals surface area (Å²) in [6.45, 7) is 6.91. The van der Waals surface area contributed by atoms with E-state index in [1.165, 1.54) is 5.56 Å². The van der Waals surface area contributed by atoms with Gasteiger partial charge in [-0.05, 0) is 37.1 Å². The molecule has 1 amide bonds. The van der Waals surface area contributed by atoms with E-state index in [1.54, 1.807) is 0 Å². The van der Waals surface area contributed by atoms with Crippen LogP contribution in [-0.2, 0) is 0 Å². The second kappa shape index (κ2) is 9.48. The summed E-state index contributed by atoms with van der Waals surface area (Å²) in [5.74, 6) is 1.74. The number of amides is 1. The highest BCUT2D eigenvalue weighted by Gasteiger charge is 2.23. The molecule has 3 aromatic carbocycles. The minimum Gasteiger partial charge on any atom is -0.353 e. The van der Waals surface area contributed by atoms with Crippen molar-refractivity contribution >= 4 is 11.7 Å². The third kappa shape index (κ3) is 4.69. The zero-order valence-electron chi connectivity index (χ0n) is 19.6. The maximum atomic E-state index is 13.1. The fourth-order valence-corrected chi connectivity index (χ4v) is 4.30. The number of hydrogen-bond acceptors (Lipinski definition) is 4. The van der Waals surface area contributed by atoms with Crippen LogP contribution >= 0.6 is 0 Å². The molecule has 5 rings (SSSR count). The molecule has 0 saturated carbocycles. The van der Waals surface area contributed by atoms with Crippen LogP contribution in [0.1, 0.15) is 21.6 Å². The van der Waals surface area contributed by atoms with E-state index in [1.807, 2.05) is 60.4 Å². The lowest BCUT2D eigenvalue weighted by Crippen LogP contribution is -2.49. The van der Waals surface area contributed by atoms with Crippen LogP contribution in [0.2, 0.25) is 0 Å². The van der Waals surface area contributed by atoms with Gasteiger partial charge in [-0.1, -0.05) is 72.3 Å². The molecule has 0 radical (unpaired) electrons. The molecule has 0 bridgehead atoms.